The molecule has 18 nitrogen and oxygen atoms in total. The maximum Gasteiger partial charge on any atom is 0.338 e. The van der Waals surface area contributed by atoms with Gasteiger partial charge in [-0.1, -0.05) is 80.6 Å². The number of aliphatic hydroxyl groups excluding tert-OH is 1. The molecule has 3 aromatic carbocycles. The highest BCUT2D eigenvalue weighted by molar-refractivity contribution is 5.96. The molecule has 0 unspecified atom stereocenters. The highest BCUT2D eigenvalue weighted by Crippen LogP contribution is 2.65. The molecule has 2 saturated carbocycles. The summed E-state index contributed by atoms with van der Waals surface area (Å²) in [5.41, 5.74) is -7.95. The zero-order valence-electron chi connectivity index (χ0n) is 36.5. The molecule has 3 N–H and O–H groups in total. The van der Waals surface area contributed by atoms with Crippen LogP contribution in [0.1, 0.15) is 86.7 Å². The molecule has 3 fully saturated rings. The van der Waals surface area contributed by atoms with Crippen LogP contribution in [0.2, 0.25) is 0 Å². The van der Waals surface area contributed by atoms with E-state index < -0.39 is 131 Å². The van der Waals surface area contributed by atoms with Crippen molar-refractivity contribution in [2.24, 2.45) is 16.7 Å². The first-order valence-corrected chi connectivity index (χ1v) is 21.0. The van der Waals surface area contributed by atoms with Crippen LogP contribution in [-0.4, -0.2) is 105 Å². The Balaban J connectivity index is 1.42. The lowest BCUT2D eigenvalue weighted by Crippen LogP contribution is -2.82. The van der Waals surface area contributed by atoms with Gasteiger partial charge < -0.3 is 44.1 Å². The van der Waals surface area contributed by atoms with Crippen LogP contribution in [0.5, 0.6) is 0 Å². The van der Waals surface area contributed by atoms with E-state index >= 15 is 4.79 Å². The number of rotatable bonds is 12. The number of nitrogens with zero attached hydrogens (tertiary/aromatic N) is 1. The van der Waals surface area contributed by atoms with Crippen molar-refractivity contribution >= 4 is 35.6 Å². The number of aliphatic hydroxyl groups is 2. The van der Waals surface area contributed by atoms with Gasteiger partial charge in [0.1, 0.15) is 30.0 Å². The molecule has 4 aliphatic rings. The average molecular weight is 899 g/mol. The van der Waals surface area contributed by atoms with Crippen LogP contribution in [0.4, 0.5) is 0 Å². The van der Waals surface area contributed by atoms with Gasteiger partial charge >= 0.3 is 23.9 Å². The average Bonchev–Trinajstić information content (AvgIpc) is 3.26. The molecule has 0 radical (unpaired) electrons. The second-order valence-electron chi connectivity index (χ2n) is 17.7. The van der Waals surface area contributed by atoms with Crippen LogP contribution in [0.3, 0.4) is 0 Å². The van der Waals surface area contributed by atoms with E-state index in [1.54, 1.807) is 78.9 Å². The maximum absolute atomic E-state index is 15.7. The first-order valence-electron chi connectivity index (χ1n) is 21.0. The van der Waals surface area contributed by atoms with E-state index in [0.717, 1.165) is 13.8 Å². The normalized spacial score (nSPS) is 30.8. The van der Waals surface area contributed by atoms with Gasteiger partial charge in [0.15, 0.2) is 23.6 Å². The molecule has 3 aromatic rings. The number of benzene rings is 3. The fourth-order valence-corrected chi connectivity index (χ4v) is 10.4. The Bertz CT molecular complexity index is 2410. The van der Waals surface area contributed by atoms with Crippen molar-refractivity contribution in [3.8, 4) is 0 Å². The van der Waals surface area contributed by atoms with Gasteiger partial charge in [0.05, 0.1) is 29.5 Å². The van der Waals surface area contributed by atoms with Gasteiger partial charge in [-0.05, 0) is 54.8 Å². The first-order chi connectivity index (χ1) is 30.7. The Kier molecular flexibility index (Phi) is 12.5. The lowest BCUT2D eigenvalue weighted by Gasteiger charge is -2.67. The van der Waals surface area contributed by atoms with Crippen molar-refractivity contribution in [2.45, 2.75) is 108 Å². The molecular weight excluding hydrogens is 849 g/mol. The summed E-state index contributed by atoms with van der Waals surface area (Å²) in [5, 5.41) is 39.4. The highest BCUT2D eigenvalue weighted by atomic mass is 17.0. The summed E-state index contributed by atoms with van der Waals surface area (Å²) in [6, 6.07) is 22.4. The quantitative estimate of drug-likeness (QED) is 0.0765. The van der Waals surface area contributed by atoms with Gasteiger partial charge in [-0.3, -0.25) is 19.2 Å². The monoisotopic (exact) mass is 898 g/mol. The topological polar surface area (TPSA) is 253 Å². The van der Waals surface area contributed by atoms with Crippen molar-refractivity contribution in [2.75, 3.05) is 6.61 Å². The molecule has 1 saturated heterocycles. The van der Waals surface area contributed by atoms with Crippen LogP contribution >= 0.6 is 0 Å². The number of hydrogen-bond donors (Lipinski definition) is 3. The van der Waals surface area contributed by atoms with Crippen molar-refractivity contribution < 1.29 is 72.6 Å². The van der Waals surface area contributed by atoms with Gasteiger partial charge in [-0.15, -0.1) is 10.1 Å². The summed E-state index contributed by atoms with van der Waals surface area (Å²) in [6.07, 6.45) is -11.6. The Morgan fingerprint density at radius 3 is 1.98 bits per heavy atom. The predicted octanol–water partition coefficient (Wildman–Crippen LogP) is 3.95. The molecule has 18 heteroatoms. The van der Waals surface area contributed by atoms with Gasteiger partial charge in [-0.25, -0.2) is 9.59 Å². The molecule has 7 rings (SSSR count). The number of carbonyl (C=O) groups is 6. The fraction of sp³-hybridized carbons (Fsp3) is 0.447. The molecule has 1 aliphatic heterocycles. The van der Waals surface area contributed by atoms with Crippen LogP contribution in [0, 0.1) is 26.9 Å². The minimum Gasteiger partial charge on any atom is -0.456 e. The van der Waals surface area contributed by atoms with E-state index in [0.29, 0.717) is 5.56 Å². The summed E-state index contributed by atoms with van der Waals surface area (Å²) in [5.74, 6) is -7.52. The number of nitrogens with one attached hydrogen (secondary N) is 1. The van der Waals surface area contributed by atoms with E-state index in [1.807, 2.05) is 0 Å². The molecule has 11 atom stereocenters. The summed E-state index contributed by atoms with van der Waals surface area (Å²) in [4.78, 5) is 102. The third-order valence-corrected chi connectivity index (χ3v) is 13.7. The summed E-state index contributed by atoms with van der Waals surface area (Å²) < 4.78 is 30.2. The van der Waals surface area contributed by atoms with Crippen molar-refractivity contribution in [3.05, 3.63) is 129 Å². The number of amides is 1. The largest absolute Gasteiger partial charge is 0.456 e. The second-order valence-corrected chi connectivity index (χ2v) is 17.7. The summed E-state index contributed by atoms with van der Waals surface area (Å²) >= 11 is 0. The Morgan fingerprint density at radius 2 is 1.45 bits per heavy atom. The van der Waals surface area contributed by atoms with Crippen LogP contribution in [0.25, 0.3) is 0 Å². The molecule has 3 aliphatic carbocycles. The predicted molar refractivity (Wildman–Crippen MR) is 224 cm³/mol. The second kappa shape index (κ2) is 17.5. The van der Waals surface area contributed by atoms with E-state index in [1.165, 1.54) is 39.8 Å². The molecular formula is C47H50N2O16. The molecule has 65 heavy (non-hydrogen) atoms. The number of ketones is 1. The maximum atomic E-state index is 15.7. The number of fused-ring (bicyclic) bond motifs is 5. The lowest BCUT2D eigenvalue weighted by molar-refractivity contribution is -0.774. The zero-order valence-corrected chi connectivity index (χ0v) is 36.5. The van der Waals surface area contributed by atoms with E-state index in [9.17, 15) is 44.3 Å². The van der Waals surface area contributed by atoms with E-state index in [-0.39, 0.29) is 22.3 Å². The Morgan fingerprint density at radius 1 is 0.862 bits per heavy atom. The number of ether oxygens (including phenoxy) is 5. The van der Waals surface area contributed by atoms with Gasteiger partial charge in [0.25, 0.3) is 11.0 Å². The molecule has 1 heterocycles. The standard InChI is InChI=1S/C47H50N2O16/c1-25-31(62-43(56)36(52)35(28-16-10-7-11-17-28)48-41(54)29-18-12-8-13-19-29)23-47(57)40(63-42(55)30-20-14-9-15-21-30)38-45(6,39(53)37(61-26(2)50)34(25)44(47,4)5)32(65-49(58)59)22-33-46(38,24-60-33)64-27(3)51/h7-21,31-33,35-38,40,52,57H,22-24H2,1-6H3,(H,48,54)/t31-,32-,33+,35-,36+,37+,38-,40-,45+,46-,47+/m0/s1. The Hall–Kier alpha value is -6.50. The van der Waals surface area contributed by atoms with Crippen LogP contribution < -0.4 is 5.32 Å². The third-order valence-electron chi connectivity index (χ3n) is 13.7. The molecule has 1 amide bonds. The van der Waals surface area contributed by atoms with Crippen molar-refractivity contribution in [1.82, 2.24) is 5.32 Å². The number of esters is 4. The van der Waals surface area contributed by atoms with E-state index in [2.05, 4.69) is 5.32 Å². The Labute approximate surface area is 373 Å². The van der Waals surface area contributed by atoms with Crippen LogP contribution in [-0.2, 0) is 47.7 Å². The first kappa shape index (κ1) is 46.5. The number of carbonyl (C=O) groups excluding carboxylic acids is 6. The van der Waals surface area contributed by atoms with Gasteiger partial charge in [0.2, 0.25) is 0 Å². The summed E-state index contributed by atoms with van der Waals surface area (Å²) in [6.45, 7) is 7.44. The summed E-state index contributed by atoms with van der Waals surface area (Å²) in [7, 11) is 0. The van der Waals surface area contributed by atoms with Crippen molar-refractivity contribution in [1.29, 1.82) is 0 Å². The molecule has 0 spiro atoms. The molecule has 2 bridgehead atoms. The number of Topliss-reactive ketones (excluding diaryl/α,β-unsaturated/α-hetero) is 1. The minimum atomic E-state index is -2.52. The fourth-order valence-electron chi connectivity index (χ4n) is 10.4. The lowest BCUT2D eigenvalue weighted by atomic mass is 9.44. The molecule has 0 aromatic heterocycles. The van der Waals surface area contributed by atoms with Gasteiger partial charge in [0, 0.05) is 37.7 Å². The molecule has 344 valence electrons. The smallest absolute Gasteiger partial charge is 0.338 e. The van der Waals surface area contributed by atoms with Gasteiger partial charge in [-0.2, -0.15) is 0 Å². The van der Waals surface area contributed by atoms with E-state index in [4.69, 9.17) is 28.5 Å². The SMILES string of the molecule is CC(=O)O[C@H]1C(=O)[C@]2(C)[C@@H](O[N+](=O)[O-])C[C@H]3OC[C@@]3(OC(C)=O)[C@H]2[C@H](OC(=O)c2ccccc2)[C@]2(O)C[C@H](OC(=O)[C@H](O)[C@@H](NC(=O)c3ccccc3)c3ccccc3)C(C)=C1C2(C)C. The minimum absolute atomic E-state index is 0.00279. The van der Waals surface area contributed by atoms with Crippen LogP contribution in [0.15, 0.2) is 102 Å². The third kappa shape index (κ3) is 8.03. The number of hydrogen-bond acceptors (Lipinski definition) is 16. The highest BCUT2D eigenvalue weighted by Gasteiger charge is 2.79. The van der Waals surface area contributed by atoms with Crippen molar-refractivity contribution in [3.63, 3.8) is 0 Å². The zero-order chi connectivity index (χ0) is 47.2.